The van der Waals surface area contributed by atoms with E-state index in [9.17, 15) is 9.59 Å². The predicted octanol–water partition coefficient (Wildman–Crippen LogP) is 4.18. The molecule has 174 valence electrons. The third-order valence-corrected chi connectivity index (χ3v) is 8.00. The Labute approximate surface area is 196 Å². The molecule has 8 heteroatoms. The molecule has 1 aliphatic heterocycles. The fraction of sp³-hybridized carbons (Fsp3) is 0.480. The summed E-state index contributed by atoms with van der Waals surface area (Å²) in [4.78, 5) is 37.7. The van der Waals surface area contributed by atoms with Gasteiger partial charge in [-0.3, -0.25) is 9.59 Å². The molecule has 1 amide bonds. The summed E-state index contributed by atoms with van der Waals surface area (Å²) in [5, 5.41) is 0.759. The number of aromatic amines is 1. The van der Waals surface area contributed by atoms with E-state index in [0.29, 0.717) is 25.2 Å². The van der Waals surface area contributed by atoms with Gasteiger partial charge in [0.1, 0.15) is 22.2 Å². The molecule has 1 aliphatic carbocycles. The van der Waals surface area contributed by atoms with Crippen LogP contribution in [0.2, 0.25) is 0 Å². The maximum absolute atomic E-state index is 13.2. The first-order valence-electron chi connectivity index (χ1n) is 11.6. The molecule has 1 saturated heterocycles. The number of hydrogen-bond acceptors (Lipinski definition) is 6. The maximum atomic E-state index is 13.2. The minimum Gasteiger partial charge on any atom is -0.497 e. The molecule has 2 aromatic heterocycles. The van der Waals surface area contributed by atoms with E-state index < -0.39 is 0 Å². The number of thiophene rings is 1. The van der Waals surface area contributed by atoms with Crippen LogP contribution in [0.25, 0.3) is 10.2 Å². The molecule has 1 N–H and O–H groups in total. The van der Waals surface area contributed by atoms with Crippen molar-refractivity contribution in [1.29, 1.82) is 0 Å². The molecular formula is C25H29N3O4S. The van der Waals surface area contributed by atoms with E-state index in [1.807, 2.05) is 23.1 Å². The minimum atomic E-state index is -0.0676. The van der Waals surface area contributed by atoms with Crippen LogP contribution < -0.4 is 15.0 Å². The summed E-state index contributed by atoms with van der Waals surface area (Å²) in [5.74, 6) is 2.17. The molecule has 3 aromatic rings. The van der Waals surface area contributed by atoms with Gasteiger partial charge in [0.15, 0.2) is 0 Å². The predicted molar refractivity (Wildman–Crippen MR) is 128 cm³/mol. The van der Waals surface area contributed by atoms with Crippen molar-refractivity contribution in [3.05, 3.63) is 50.4 Å². The summed E-state index contributed by atoms with van der Waals surface area (Å²) in [6.07, 6.45) is 6.86. The molecule has 2 aliphatic rings. The average molecular weight is 468 g/mol. The highest BCUT2D eigenvalue weighted by molar-refractivity contribution is 7.18. The summed E-state index contributed by atoms with van der Waals surface area (Å²) in [6.45, 7) is 0.713. The Kier molecular flexibility index (Phi) is 6.10. The van der Waals surface area contributed by atoms with Gasteiger partial charge in [-0.1, -0.05) is 0 Å². The monoisotopic (exact) mass is 467 g/mol. The molecule has 1 aromatic carbocycles. The van der Waals surface area contributed by atoms with Gasteiger partial charge in [-0.15, -0.1) is 11.3 Å². The quantitative estimate of drug-likeness (QED) is 0.588. The molecule has 0 bridgehead atoms. The number of nitrogens with one attached hydrogen (secondary N) is 1. The van der Waals surface area contributed by atoms with Crippen LogP contribution in [0.15, 0.2) is 23.0 Å². The van der Waals surface area contributed by atoms with Crippen molar-refractivity contribution < 1.29 is 14.3 Å². The van der Waals surface area contributed by atoms with Crippen molar-refractivity contribution in [2.24, 2.45) is 0 Å². The molecule has 33 heavy (non-hydrogen) atoms. The topological polar surface area (TPSA) is 84.5 Å². The van der Waals surface area contributed by atoms with Crippen molar-refractivity contribution in [3.63, 3.8) is 0 Å². The lowest BCUT2D eigenvalue weighted by Crippen LogP contribution is -2.31. The van der Waals surface area contributed by atoms with Crippen LogP contribution in [0, 0.1) is 0 Å². The zero-order chi connectivity index (χ0) is 22.9. The van der Waals surface area contributed by atoms with Gasteiger partial charge in [-0.25, -0.2) is 4.98 Å². The van der Waals surface area contributed by atoms with Gasteiger partial charge in [-0.05, 0) is 62.3 Å². The summed E-state index contributed by atoms with van der Waals surface area (Å²) in [5.41, 5.74) is 2.09. The highest BCUT2D eigenvalue weighted by atomic mass is 32.1. The second-order valence-electron chi connectivity index (χ2n) is 8.76. The highest BCUT2D eigenvalue weighted by Crippen LogP contribution is 2.39. The van der Waals surface area contributed by atoms with Crippen molar-refractivity contribution in [1.82, 2.24) is 14.9 Å². The van der Waals surface area contributed by atoms with E-state index in [-0.39, 0.29) is 17.5 Å². The SMILES string of the molecule is COc1ccc(OC)c(C2CCCN2C(=O)CCc2nc3sc4c(c3c(=O)[nH]2)CCCC4)c1. The molecule has 5 rings (SSSR count). The number of nitrogens with zero attached hydrogens (tertiary/aromatic N) is 2. The zero-order valence-corrected chi connectivity index (χ0v) is 19.9. The number of carbonyl (C=O) groups is 1. The van der Waals surface area contributed by atoms with Gasteiger partial charge in [0.25, 0.3) is 5.56 Å². The van der Waals surface area contributed by atoms with Gasteiger partial charge < -0.3 is 19.4 Å². The Morgan fingerprint density at radius 3 is 2.88 bits per heavy atom. The normalized spacial score (nSPS) is 17.9. The average Bonchev–Trinajstić information content (AvgIpc) is 3.47. The van der Waals surface area contributed by atoms with Crippen molar-refractivity contribution in [3.8, 4) is 11.5 Å². The van der Waals surface area contributed by atoms with Crippen LogP contribution >= 0.6 is 11.3 Å². The number of fused-ring (bicyclic) bond motifs is 3. The fourth-order valence-electron chi connectivity index (χ4n) is 5.18. The molecule has 1 atom stereocenters. The molecule has 0 radical (unpaired) electrons. The molecule has 3 heterocycles. The van der Waals surface area contributed by atoms with Crippen LogP contribution in [0.1, 0.15) is 60.0 Å². The smallest absolute Gasteiger partial charge is 0.259 e. The fourth-order valence-corrected chi connectivity index (χ4v) is 6.47. The first-order chi connectivity index (χ1) is 16.1. The first kappa shape index (κ1) is 21.9. The van der Waals surface area contributed by atoms with E-state index in [0.717, 1.165) is 59.4 Å². The highest BCUT2D eigenvalue weighted by Gasteiger charge is 2.32. The van der Waals surface area contributed by atoms with Crippen LogP contribution in [-0.2, 0) is 24.1 Å². The second kappa shape index (κ2) is 9.17. The maximum Gasteiger partial charge on any atom is 0.259 e. The summed E-state index contributed by atoms with van der Waals surface area (Å²) in [6, 6.07) is 5.67. The lowest BCUT2D eigenvalue weighted by atomic mass is 9.97. The van der Waals surface area contributed by atoms with Crippen LogP contribution in [0.4, 0.5) is 0 Å². The number of hydrogen-bond donors (Lipinski definition) is 1. The van der Waals surface area contributed by atoms with Crippen LogP contribution in [0.5, 0.6) is 11.5 Å². The number of aromatic nitrogens is 2. The van der Waals surface area contributed by atoms with Gasteiger partial charge in [0.2, 0.25) is 5.91 Å². The van der Waals surface area contributed by atoms with E-state index in [1.165, 1.54) is 16.9 Å². The number of aryl methyl sites for hydroxylation is 3. The number of carbonyl (C=O) groups excluding carboxylic acids is 1. The van der Waals surface area contributed by atoms with Gasteiger partial charge in [0, 0.05) is 29.8 Å². The lowest BCUT2D eigenvalue weighted by Gasteiger charge is -2.26. The Balaban J connectivity index is 1.34. The molecule has 1 fully saturated rings. The number of ether oxygens (including phenoxy) is 2. The van der Waals surface area contributed by atoms with Crippen LogP contribution in [-0.4, -0.2) is 41.5 Å². The molecule has 0 spiro atoms. The first-order valence-corrected chi connectivity index (χ1v) is 12.5. The minimum absolute atomic E-state index is 0.0407. The van der Waals surface area contributed by atoms with Crippen molar-refractivity contribution >= 4 is 27.5 Å². The van der Waals surface area contributed by atoms with E-state index >= 15 is 0 Å². The number of likely N-dealkylation sites (tertiary alicyclic amines) is 1. The van der Waals surface area contributed by atoms with Crippen LogP contribution in [0.3, 0.4) is 0 Å². The van der Waals surface area contributed by atoms with Crippen molar-refractivity contribution in [2.75, 3.05) is 20.8 Å². The molecule has 7 nitrogen and oxygen atoms in total. The Morgan fingerprint density at radius 2 is 2.06 bits per heavy atom. The van der Waals surface area contributed by atoms with E-state index in [1.54, 1.807) is 25.6 Å². The summed E-state index contributed by atoms with van der Waals surface area (Å²) >= 11 is 1.64. The Morgan fingerprint density at radius 1 is 1.21 bits per heavy atom. The largest absolute Gasteiger partial charge is 0.497 e. The van der Waals surface area contributed by atoms with E-state index in [4.69, 9.17) is 14.5 Å². The summed E-state index contributed by atoms with van der Waals surface area (Å²) < 4.78 is 11.0. The van der Waals surface area contributed by atoms with Gasteiger partial charge >= 0.3 is 0 Å². The molecule has 0 saturated carbocycles. The second-order valence-corrected chi connectivity index (χ2v) is 9.84. The lowest BCUT2D eigenvalue weighted by molar-refractivity contribution is -0.132. The summed E-state index contributed by atoms with van der Waals surface area (Å²) in [7, 11) is 3.28. The zero-order valence-electron chi connectivity index (χ0n) is 19.1. The number of H-pyrrole nitrogens is 1. The standard InChI is InChI=1S/C25H29N3O4S/c1-31-15-9-10-19(32-2)17(14-15)18-7-5-13-28(18)22(29)12-11-21-26-24(30)23-16-6-3-4-8-20(16)33-25(23)27-21/h9-10,14,18H,3-8,11-13H2,1-2H3,(H,26,27,30). The molecular weight excluding hydrogens is 438 g/mol. The number of benzene rings is 1. The Hall–Kier alpha value is -2.87. The third kappa shape index (κ3) is 4.12. The van der Waals surface area contributed by atoms with Gasteiger partial charge in [0.05, 0.1) is 25.6 Å². The van der Waals surface area contributed by atoms with E-state index in [2.05, 4.69) is 4.98 Å². The molecule has 1 unspecified atom stereocenters. The van der Waals surface area contributed by atoms with Gasteiger partial charge in [-0.2, -0.15) is 0 Å². The van der Waals surface area contributed by atoms with Crippen molar-refractivity contribution in [2.45, 2.75) is 57.4 Å². The number of methoxy groups -OCH3 is 2. The number of rotatable bonds is 6. The third-order valence-electron chi connectivity index (χ3n) is 6.82. The Bertz CT molecular complexity index is 1250. The number of amides is 1.